The molecule has 0 spiro atoms. The van der Waals surface area contributed by atoms with Gasteiger partial charge in [0, 0.05) is 18.1 Å². The molecular weight excluding hydrogens is 240 g/mol. The SMILES string of the molecule is CNC(C)(CO)CCCCN1CCOC2CCCC21. The molecule has 1 aliphatic heterocycles. The maximum absolute atomic E-state index is 9.37. The lowest BCUT2D eigenvalue weighted by atomic mass is 9.96. The van der Waals surface area contributed by atoms with Gasteiger partial charge in [-0.2, -0.15) is 0 Å². The van der Waals surface area contributed by atoms with Crippen LogP contribution in [0.1, 0.15) is 45.4 Å². The lowest BCUT2D eigenvalue weighted by Crippen LogP contribution is -2.48. The molecule has 0 bridgehead atoms. The second-order valence-corrected chi connectivity index (χ2v) is 6.37. The van der Waals surface area contributed by atoms with E-state index >= 15 is 0 Å². The van der Waals surface area contributed by atoms with Crippen molar-refractivity contribution < 1.29 is 9.84 Å². The number of likely N-dealkylation sites (N-methyl/N-ethyl adjacent to an activating group) is 1. The number of nitrogens with one attached hydrogen (secondary N) is 1. The van der Waals surface area contributed by atoms with E-state index in [1.165, 1.54) is 38.6 Å². The summed E-state index contributed by atoms with van der Waals surface area (Å²) in [5.74, 6) is 0. The summed E-state index contributed by atoms with van der Waals surface area (Å²) in [6.07, 6.45) is 7.84. The second kappa shape index (κ2) is 7.02. The summed E-state index contributed by atoms with van der Waals surface area (Å²) >= 11 is 0. The number of ether oxygens (including phenoxy) is 1. The first kappa shape index (κ1) is 15.2. The summed E-state index contributed by atoms with van der Waals surface area (Å²) < 4.78 is 5.84. The monoisotopic (exact) mass is 270 g/mol. The summed E-state index contributed by atoms with van der Waals surface area (Å²) in [7, 11) is 1.93. The van der Waals surface area contributed by atoms with Gasteiger partial charge in [0.25, 0.3) is 0 Å². The lowest BCUT2D eigenvalue weighted by Gasteiger charge is -2.38. The molecule has 2 fully saturated rings. The van der Waals surface area contributed by atoms with E-state index in [4.69, 9.17) is 4.74 Å². The van der Waals surface area contributed by atoms with Gasteiger partial charge in [-0.15, -0.1) is 0 Å². The Kier molecular flexibility index (Phi) is 5.63. The molecule has 0 amide bonds. The van der Waals surface area contributed by atoms with Crippen molar-refractivity contribution in [1.82, 2.24) is 10.2 Å². The summed E-state index contributed by atoms with van der Waals surface area (Å²) in [5.41, 5.74) is -0.110. The third-order valence-electron chi connectivity index (χ3n) is 4.97. The smallest absolute Gasteiger partial charge is 0.0730 e. The molecule has 0 aromatic heterocycles. The van der Waals surface area contributed by atoms with E-state index < -0.39 is 0 Å². The van der Waals surface area contributed by atoms with Gasteiger partial charge in [0.15, 0.2) is 0 Å². The third-order valence-corrected chi connectivity index (χ3v) is 4.97. The number of hydrogen-bond donors (Lipinski definition) is 2. The van der Waals surface area contributed by atoms with Crippen molar-refractivity contribution in [2.75, 3.05) is 33.4 Å². The van der Waals surface area contributed by atoms with E-state index in [9.17, 15) is 5.11 Å². The van der Waals surface area contributed by atoms with Gasteiger partial charge in [-0.25, -0.2) is 0 Å². The fraction of sp³-hybridized carbons (Fsp3) is 1.00. The van der Waals surface area contributed by atoms with Crippen molar-refractivity contribution >= 4 is 0 Å². The molecule has 4 nitrogen and oxygen atoms in total. The Morgan fingerprint density at radius 2 is 2.21 bits per heavy atom. The predicted molar refractivity (Wildman–Crippen MR) is 77.4 cm³/mol. The molecule has 1 saturated carbocycles. The molecule has 2 rings (SSSR count). The van der Waals surface area contributed by atoms with Crippen LogP contribution in [-0.2, 0) is 4.74 Å². The molecule has 1 heterocycles. The average molecular weight is 270 g/mol. The standard InChI is InChI=1S/C15H30N2O2/c1-15(12-18,16-2)8-3-4-9-17-10-11-19-14-7-5-6-13(14)17/h13-14,16,18H,3-12H2,1-2H3. The molecule has 1 saturated heterocycles. The number of rotatable bonds is 7. The van der Waals surface area contributed by atoms with Gasteiger partial charge in [-0.1, -0.05) is 6.42 Å². The van der Waals surface area contributed by atoms with Crippen molar-refractivity contribution in [2.24, 2.45) is 0 Å². The van der Waals surface area contributed by atoms with E-state index in [2.05, 4.69) is 17.1 Å². The maximum atomic E-state index is 9.37. The van der Waals surface area contributed by atoms with Crippen LogP contribution in [0, 0.1) is 0 Å². The number of aliphatic hydroxyl groups excluding tert-OH is 1. The van der Waals surface area contributed by atoms with Crippen molar-refractivity contribution in [3.05, 3.63) is 0 Å². The highest BCUT2D eigenvalue weighted by Crippen LogP contribution is 2.29. The van der Waals surface area contributed by atoms with E-state index in [-0.39, 0.29) is 12.1 Å². The lowest BCUT2D eigenvalue weighted by molar-refractivity contribution is -0.0559. The normalized spacial score (nSPS) is 31.1. The Labute approximate surface area is 117 Å². The quantitative estimate of drug-likeness (QED) is 0.686. The van der Waals surface area contributed by atoms with Gasteiger partial charge in [0.2, 0.25) is 0 Å². The first-order chi connectivity index (χ1) is 9.18. The van der Waals surface area contributed by atoms with Crippen LogP contribution in [0.25, 0.3) is 0 Å². The molecule has 19 heavy (non-hydrogen) atoms. The summed E-state index contributed by atoms with van der Waals surface area (Å²) in [5, 5.41) is 12.6. The zero-order valence-corrected chi connectivity index (χ0v) is 12.5. The average Bonchev–Trinajstić information content (AvgIpc) is 2.92. The zero-order chi connectivity index (χ0) is 13.7. The highest BCUT2D eigenvalue weighted by molar-refractivity contribution is 4.89. The molecule has 3 atom stereocenters. The summed E-state index contributed by atoms with van der Waals surface area (Å²) in [6.45, 7) is 5.51. The highest BCUT2D eigenvalue weighted by Gasteiger charge is 2.35. The molecule has 1 aliphatic carbocycles. The van der Waals surface area contributed by atoms with Crippen LogP contribution in [0.3, 0.4) is 0 Å². The molecule has 2 aliphatic rings. The molecule has 0 aromatic rings. The molecule has 0 aromatic carbocycles. The summed E-state index contributed by atoms with van der Waals surface area (Å²) in [6, 6.07) is 0.683. The zero-order valence-electron chi connectivity index (χ0n) is 12.5. The number of fused-ring (bicyclic) bond motifs is 1. The molecule has 4 heteroatoms. The van der Waals surface area contributed by atoms with E-state index in [0.29, 0.717) is 12.1 Å². The molecule has 112 valence electrons. The summed E-state index contributed by atoms with van der Waals surface area (Å²) in [4.78, 5) is 2.64. The van der Waals surface area contributed by atoms with Crippen LogP contribution in [0.4, 0.5) is 0 Å². The van der Waals surface area contributed by atoms with Crippen LogP contribution >= 0.6 is 0 Å². The van der Waals surface area contributed by atoms with Gasteiger partial charge in [0.1, 0.15) is 0 Å². The number of unbranched alkanes of at least 4 members (excludes halogenated alkanes) is 1. The van der Waals surface area contributed by atoms with Gasteiger partial charge in [0.05, 0.1) is 19.3 Å². The van der Waals surface area contributed by atoms with Crippen molar-refractivity contribution in [3.8, 4) is 0 Å². The predicted octanol–water partition coefficient (Wildman–Crippen LogP) is 1.38. The van der Waals surface area contributed by atoms with Crippen molar-refractivity contribution in [2.45, 2.75) is 63.1 Å². The number of nitrogens with zero attached hydrogens (tertiary/aromatic N) is 1. The maximum Gasteiger partial charge on any atom is 0.0730 e. The Balaban J connectivity index is 1.68. The van der Waals surface area contributed by atoms with Gasteiger partial charge >= 0.3 is 0 Å². The fourth-order valence-electron chi connectivity index (χ4n) is 3.40. The second-order valence-electron chi connectivity index (χ2n) is 6.37. The molecule has 3 unspecified atom stereocenters. The van der Waals surface area contributed by atoms with Crippen LogP contribution in [-0.4, -0.2) is 61.0 Å². The third kappa shape index (κ3) is 3.91. The molecular formula is C15H30N2O2. The van der Waals surface area contributed by atoms with Crippen LogP contribution in [0.2, 0.25) is 0 Å². The topological polar surface area (TPSA) is 44.7 Å². The van der Waals surface area contributed by atoms with E-state index in [0.717, 1.165) is 19.6 Å². The van der Waals surface area contributed by atoms with Crippen molar-refractivity contribution in [1.29, 1.82) is 0 Å². The van der Waals surface area contributed by atoms with Crippen LogP contribution in [0.15, 0.2) is 0 Å². The first-order valence-corrected chi connectivity index (χ1v) is 7.84. The largest absolute Gasteiger partial charge is 0.394 e. The van der Waals surface area contributed by atoms with Crippen LogP contribution < -0.4 is 5.32 Å². The minimum Gasteiger partial charge on any atom is -0.394 e. The van der Waals surface area contributed by atoms with Gasteiger partial charge < -0.3 is 15.2 Å². The van der Waals surface area contributed by atoms with Crippen molar-refractivity contribution in [3.63, 3.8) is 0 Å². The number of hydrogen-bond acceptors (Lipinski definition) is 4. The fourth-order valence-corrected chi connectivity index (χ4v) is 3.40. The van der Waals surface area contributed by atoms with Gasteiger partial charge in [-0.05, 0) is 52.6 Å². The van der Waals surface area contributed by atoms with Gasteiger partial charge in [-0.3, -0.25) is 4.90 Å². The van der Waals surface area contributed by atoms with Crippen LogP contribution in [0.5, 0.6) is 0 Å². The number of aliphatic hydroxyl groups is 1. The number of morpholine rings is 1. The minimum absolute atomic E-state index is 0.110. The Bertz CT molecular complexity index is 269. The molecule has 0 radical (unpaired) electrons. The first-order valence-electron chi connectivity index (χ1n) is 7.84. The van der Waals surface area contributed by atoms with E-state index in [1.807, 2.05) is 7.05 Å². The Morgan fingerprint density at radius 3 is 2.95 bits per heavy atom. The highest BCUT2D eigenvalue weighted by atomic mass is 16.5. The minimum atomic E-state index is -0.110. The Morgan fingerprint density at radius 1 is 1.37 bits per heavy atom. The Hall–Kier alpha value is -0.160. The molecule has 2 N–H and O–H groups in total. The van der Waals surface area contributed by atoms with E-state index in [1.54, 1.807) is 0 Å².